The molecule has 1 aromatic carbocycles. The van der Waals surface area contributed by atoms with Crippen molar-refractivity contribution < 1.29 is 23.9 Å². The van der Waals surface area contributed by atoms with Crippen LogP contribution in [0.25, 0.3) is 21.9 Å². The minimum atomic E-state index is -0.879. The van der Waals surface area contributed by atoms with Crippen molar-refractivity contribution in [3.63, 3.8) is 0 Å². The van der Waals surface area contributed by atoms with Crippen LogP contribution in [0.1, 0.15) is 66.6 Å². The molecular formula is C35H42ClN7O5. The van der Waals surface area contributed by atoms with Crippen molar-refractivity contribution in [1.29, 1.82) is 0 Å². The Kier molecular flexibility index (Phi) is 9.42. The Hall–Kier alpha value is -4.71. The van der Waals surface area contributed by atoms with Gasteiger partial charge in [0.25, 0.3) is 0 Å². The lowest BCUT2D eigenvalue weighted by molar-refractivity contribution is -0.133. The van der Waals surface area contributed by atoms with Crippen molar-refractivity contribution in [2.24, 2.45) is 0 Å². The lowest BCUT2D eigenvalue weighted by atomic mass is 9.99. The minimum absolute atomic E-state index is 0.0403. The van der Waals surface area contributed by atoms with Crippen LogP contribution in [0, 0.1) is 6.92 Å². The summed E-state index contributed by atoms with van der Waals surface area (Å²) in [5.74, 6) is 1.17. The van der Waals surface area contributed by atoms with Gasteiger partial charge in [-0.15, -0.1) is 0 Å². The van der Waals surface area contributed by atoms with Crippen LogP contribution >= 0.6 is 11.6 Å². The van der Waals surface area contributed by atoms with Gasteiger partial charge in [0.2, 0.25) is 5.91 Å². The van der Waals surface area contributed by atoms with Crippen molar-refractivity contribution in [3.8, 4) is 11.1 Å². The number of halogens is 1. The molecule has 0 spiro atoms. The van der Waals surface area contributed by atoms with Gasteiger partial charge in [0.15, 0.2) is 5.82 Å². The lowest BCUT2D eigenvalue weighted by Crippen LogP contribution is -2.44. The zero-order valence-electron chi connectivity index (χ0n) is 28.8. The van der Waals surface area contributed by atoms with Crippen molar-refractivity contribution in [3.05, 3.63) is 59.1 Å². The van der Waals surface area contributed by atoms with Crippen LogP contribution in [0.4, 0.5) is 26.9 Å². The van der Waals surface area contributed by atoms with E-state index in [-0.39, 0.29) is 24.2 Å². The summed E-state index contributed by atoms with van der Waals surface area (Å²) in [7, 11) is 0. The molecular weight excluding hydrogens is 634 g/mol. The first-order chi connectivity index (χ1) is 22.4. The summed E-state index contributed by atoms with van der Waals surface area (Å²) in [6.07, 6.45) is 3.71. The van der Waals surface area contributed by atoms with Gasteiger partial charge in [-0.25, -0.2) is 14.6 Å². The third kappa shape index (κ3) is 7.70. The molecule has 4 aromatic rings. The first-order valence-electron chi connectivity index (χ1n) is 15.8. The standard InChI is InChI=1S/C35H42ClN7O5/c1-20(2)41-11-10-24-15-30(40-42(24)19-31(41)44)39-29-14-23-12-22(13-27(36)26(23)17-38-29)25-16-37-18-28(21(25)3)43(32(45)47-34(4,5)6)33(46)48-35(7,8)9/h12-18,20H,10-11,19H2,1-9H3,(H,38,39,40). The molecule has 0 saturated carbocycles. The molecule has 0 radical (unpaired) electrons. The maximum atomic E-state index is 13.4. The number of carbonyl (C=O) groups excluding carboxylic acids is 3. The van der Waals surface area contributed by atoms with Gasteiger partial charge in [-0.1, -0.05) is 11.6 Å². The van der Waals surface area contributed by atoms with Gasteiger partial charge in [0, 0.05) is 54.1 Å². The number of amides is 3. The Morgan fingerprint density at radius 3 is 2.25 bits per heavy atom. The lowest BCUT2D eigenvalue weighted by Gasteiger charge is -2.29. The van der Waals surface area contributed by atoms with Gasteiger partial charge in [0.1, 0.15) is 23.6 Å². The zero-order valence-corrected chi connectivity index (χ0v) is 29.6. The molecule has 1 aliphatic heterocycles. The van der Waals surface area contributed by atoms with Gasteiger partial charge in [-0.05, 0) is 97.0 Å². The fourth-order valence-electron chi connectivity index (χ4n) is 5.46. The normalized spacial score (nSPS) is 13.7. The Morgan fingerprint density at radius 1 is 0.958 bits per heavy atom. The summed E-state index contributed by atoms with van der Waals surface area (Å²) < 4.78 is 12.9. The molecule has 0 atom stereocenters. The number of pyridine rings is 2. The second-order valence-electron chi connectivity index (χ2n) is 14.1. The highest BCUT2D eigenvalue weighted by molar-refractivity contribution is 6.36. The summed E-state index contributed by atoms with van der Waals surface area (Å²) in [5.41, 5.74) is 1.43. The van der Waals surface area contributed by atoms with Crippen LogP contribution in [0.5, 0.6) is 0 Å². The van der Waals surface area contributed by atoms with Crippen molar-refractivity contribution in [2.45, 2.75) is 92.5 Å². The number of nitrogens with one attached hydrogen (secondary N) is 1. The number of benzene rings is 1. The third-order valence-electron chi connectivity index (χ3n) is 7.64. The second kappa shape index (κ2) is 13.1. The van der Waals surface area contributed by atoms with Gasteiger partial charge in [-0.2, -0.15) is 10.00 Å². The maximum Gasteiger partial charge on any atom is 0.424 e. The molecule has 1 aliphatic rings. The fraction of sp³-hybridized carbons (Fsp3) is 0.429. The van der Waals surface area contributed by atoms with Crippen LogP contribution in [0.3, 0.4) is 0 Å². The van der Waals surface area contributed by atoms with Gasteiger partial charge in [0.05, 0.1) is 16.9 Å². The molecule has 3 aromatic heterocycles. The number of nitrogens with zero attached hydrogens (tertiary/aromatic N) is 6. The van der Waals surface area contributed by atoms with E-state index in [4.69, 9.17) is 21.1 Å². The largest absolute Gasteiger partial charge is 0.443 e. The van der Waals surface area contributed by atoms with E-state index in [0.29, 0.717) is 46.3 Å². The van der Waals surface area contributed by atoms with Crippen LogP contribution in [0.2, 0.25) is 5.02 Å². The molecule has 0 bridgehead atoms. The van der Waals surface area contributed by atoms with Crippen LogP contribution in [-0.2, 0) is 27.2 Å². The smallest absolute Gasteiger partial charge is 0.424 e. The average Bonchev–Trinajstić information content (AvgIpc) is 3.24. The number of hydrogen-bond acceptors (Lipinski definition) is 9. The molecule has 0 unspecified atom stereocenters. The maximum absolute atomic E-state index is 13.4. The topological polar surface area (TPSA) is 132 Å². The van der Waals surface area contributed by atoms with Gasteiger partial charge < -0.3 is 19.7 Å². The highest BCUT2D eigenvalue weighted by Gasteiger charge is 2.34. The molecule has 254 valence electrons. The van der Waals surface area contributed by atoms with E-state index < -0.39 is 23.4 Å². The number of rotatable bonds is 5. The van der Waals surface area contributed by atoms with Crippen LogP contribution in [0.15, 0.2) is 42.9 Å². The average molecular weight is 676 g/mol. The van der Waals surface area contributed by atoms with Crippen molar-refractivity contribution in [2.75, 3.05) is 16.8 Å². The van der Waals surface area contributed by atoms with Crippen LogP contribution in [-0.4, -0.2) is 66.5 Å². The van der Waals surface area contributed by atoms with E-state index in [9.17, 15) is 14.4 Å². The van der Waals surface area contributed by atoms with E-state index in [1.165, 1.54) is 6.20 Å². The number of aromatic nitrogens is 4. The quantitative estimate of drug-likeness (QED) is 0.226. The predicted octanol–water partition coefficient (Wildman–Crippen LogP) is 7.67. The van der Waals surface area contributed by atoms with E-state index in [1.807, 2.05) is 36.9 Å². The Bertz CT molecular complexity index is 1860. The molecule has 48 heavy (non-hydrogen) atoms. The predicted molar refractivity (Wildman–Crippen MR) is 186 cm³/mol. The number of imide groups is 1. The molecule has 5 rings (SSSR count). The number of fused-ring (bicyclic) bond motifs is 2. The molecule has 13 heteroatoms. The minimum Gasteiger partial charge on any atom is -0.443 e. The van der Waals surface area contributed by atoms with Crippen molar-refractivity contribution >= 4 is 57.8 Å². The molecule has 4 heterocycles. The number of anilines is 3. The Labute approximate surface area is 285 Å². The van der Waals surface area contributed by atoms with E-state index in [1.54, 1.807) is 71.6 Å². The van der Waals surface area contributed by atoms with E-state index >= 15 is 0 Å². The number of hydrogen-bond donors (Lipinski definition) is 1. The van der Waals surface area contributed by atoms with Crippen molar-refractivity contribution in [1.82, 2.24) is 24.6 Å². The Morgan fingerprint density at radius 2 is 1.62 bits per heavy atom. The second-order valence-corrected chi connectivity index (χ2v) is 14.5. The summed E-state index contributed by atoms with van der Waals surface area (Å²) in [6, 6.07) is 7.67. The summed E-state index contributed by atoms with van der Waals surface area (Å²) in [4.78, 5) is 51.1. The van der Waals surface area contributed by atoms with Crippen LogP contribution < -0.4 is 10.2 Å². The summed E-state index contributed by atoms with van der Waals surface area (Å²) in [5, 5.41) is 9.88. The highest BCUT2D eigenvalue weighted by Crippen LogP contribution is 2.36. The molecule has 0 aliphatic carbocycles. The first-order valence-corrected chi connectivity index (χ1v) is 16.2. The first kappa shape index (κ1) is 34.6. The highest BCUT2D eigenvalue weighted by atomic mass is 35.5. The third-order valence-corrected chi connectivity index (χ3v) is 7.95. The molecule has 0 saturated heterocycles. The summed E-state index contributed by atoms with van der Waals surface area (Å²) >= 11 is 6.77. The van der Waals surface area contributed by atoms with E-state index in [0.717, 1.165) is 21.4 Å². The SMILES string of the molecule is Cc1c(-c2cc(Cl)c3cnc(Nc4cc5n(n4)CC(=O)N(C(C)C)CC5)cc3c2)cncc1N(C(=O)OC(C)(C)C)C(=O)OC(C)(C)C. The summed E-state index contributed by atoms with van der Waals surface area (Å²) in [6.45, 7) is 17.0. The monoisotopic (exact) mass is 675 g/mol. The molecule has 1 N–H and O–H groups in total. The molecule has 12 nitrogen and oxygen atoms in total. The zero-order chi connectivity index (χ0) is 35.1. The fourth-order valence-corrected chi connectivity index (χ4v) is 5.74. The number of ether oxygens (including phenoxy) is 2. The van der Waals surface area contributed by atoms with Gasteiger partial charge >= 0.3 is 12.2 Å². The number of carbonyl (C=O) groups is 3. The Balaban J connectivity index is 1.48. The van der Waals surface area contributed by atoms with Gasteiger partial charge in [-0.3, -0.25) is 14.5 Å². The molecule has 0 fully saturated rings. The molecule has 3 amide bonds. The van der Waals surface area contributed by atoms with E-state index in [2.05, 4.69) is 20.4 Å².